The number of carbonyl (C=O) groups excluding carboxylic acids is 1. The summed E-state index contributed by atoms with van der Waals surface area (Å²) in [5, 5.41) is 12.7. The molecule has 0 aliphatic heterocycles. The van der Waals surface area contributed by atoms with Gasteiger partial charge in [0.1, 0.15) is 11.4 Å². The standard InChI is InChI=1S/C15H18N2O4/c1-15(19,13-8-5-9-20-13)11-16-14(18)17-21-10-12-6-3-2-4-7-12/h2-9,19H,10-11H2,1H3,(H2,16,17,18). The van der Waals surface area contributed by atoms with Gasteiger partial charge in [-0.05, 0) is 24.6 Å². The SMILES string of the molecule is CC(O)(CNC(=O)NOCc1ccccc1)c1ccco1. The molecule has 6 nitrogen and oxygen atoms in total. The van der Waals surface area contributed by atoms with E-state index in [4.69, 9.17) is 9.25 Å². The molecule has 1 aromatic heterocycles. The molecule has 2 rings (SSSR count). The summed E-state index contributed by atoms with van der Waals surface area (Å²) in [6.07, 6.45) is 1.47. The third-order valence-corrected chi connectivity index (χ3v) is 2.89. The van der Waals surface area contributed by atoms with Gasteiger partial charge >= 0.3 is 6.03 Å². The number of hydrogen-bond donors (Lipinski definition) is 3. The fourth-order valence-corrected chi connectivity index (χ4v) is 1.72. The van der Waals surface area contributed by atoms with Crippen molar-refractivity contribution < 1.29 is 19.2 Å². The number of rotatable bonds is 6. The van der Waals surface area contributed by atoms with Gasteiger partial charge in [-0.15, -0.1) is 0 Å². The Morgan fingerprint density at radius 1 is 1.29 bits per heavy atom. The Bertz CT molecular complexity index is 552. The molecule has 1 atom stereocenters. The van der Waals surface area contributed by atoms with E-state index in [0.29, 0.717) is 5.76 Å². The number of amides is 2. The molecule has 1 heterocycles. The molecule has 2 aromatic rings. The monoisotopic (exact) mass is 290 g/mol. The zero-order chi connectivity index (χ0) is 15.1. The Hall–Kier alpha value is -2.31. The normalized spacial score (nSPS) is 13.4. The van der Waals surface area contributed by atoms with Gasteiger partial charge in [0.05, 0.1) is 19.4 Å². The van der Waals surface area contributed by atoms with Gasteiger partial charge in [-0.1, -0.05) is 30.3 Å². The number of urea groups is 1. The molecule has 0 aliphatic carbocycles. The average Bonchev–Trinajstić information content (AvgIpc) is 3.01. The van der Waals surface area contributed by atoms with E-state index in [1.807, 2.05) is 30.3 Å². The van der Waals surface area contributed by atoms with Crippen LogP contribution >= 0.6 is 0 Å². The number of nitrogens with one attached hydrogen (secondary N) is 2. The molecule has 0 fully saturated rings. The van der Waals surface area contributed by atoms with Crippen LogP contribution < -0.4 is 10.8 Å². The molecule has 3 N–H and O–H groups in total. The van der Waals surface area contributed by atoms with Crippen LogP contribution in [0.1, 0.15) is 18.2 Å². The number of benzene rings is 1. The molecule has 0 spiro atoms. The molecular weight excluding hydrogens is 272 g/mol. The molecule has 0 aliphatic rings. The van der Waals surface area contributed by atoms with E-state index < -0.39 is 11.6 Å². The molecule has 112 valence electrons. The van der Waals surface area contributed by atoms with Crippen LogP contribution in [-0.2, 0) is 17.0 Å². The minimum atomic E-state index is -1.28. The van der Waals surface area contributed by atoms with E-state index in [1.54, 1.807) is 19.1 Å². The first kappa shape index (κ1) is 15.1. The molecule has 6 heteroatoms. The fourth-order valence-electron chi connectivity index (χ4n) is 1.72. The lowest BCUT2D eigenvalue weighted by Gasteiger charge is -2.21. The van der Waals surface area contributed by atoms with Crippen molar-refractivity contribution in [2.45, 2.75) is 19.1 Å². The predicted octanol–water partition coefficient (Wildman–Crippen LogP) is 1.92. The molecule has 2 amide bonds. The van der Waals surface area contributed by atoms with Crippen LogP contribution in [0.4, 0.5) is 4.79 Å². The van der Waals surface area contributed by atoms with Crippen LogP contribution in [0.2, 0.25) is 0 Å². The smallest absolute Gasteiger partial charge is 0.338 e. The summed E-state index contributed by atoms with van der Waals surface area (Å²) in [6, 6.07) is 12.2. The highest BCUT2D eigenvalue weighted by molar-refractivity contribution is 5.72. The Balaban J connectivity index is 1.70. The number of hydroxylamine groups is 1. The van der Waals surface area contributed by atoms with Gasteiger partial charge in [0.25, 0.3) is 0 Å². The Morgan fingerprint density at radius 2 is 2.05 bits per heavy atom. The molecule has 1 aromatic carbocycles. The van der Waals surface area contributed by atoms with Crippen molar-refractivity contribution in [3.63, 3.8) is 0 Å². The van der Waals surface area contributed by atoms with Crippen molar-refractivity contribution in [2.24, 2.45) is 0 Å². The quantitative estimate of drug-likeness (QED) is 0.710. The second-order valence-corrected chi connectivity index (χ2v) is 4.81. The zero-order valence-electron chi connectivity index (χ0n) is 11.7. The van der Waals surface area contributed by atoms with Crippen LogP contribution in [0.5, 0.6) is 0 Å². The lowest BCUT2D eigenvalue weighted by atomic mass is 10.0. The molecule has 21 heavy (non-hydrogen) atoms. The van der Waals surface area contributed by atoms with Crippen LogP contribution in [0.3, 0.4) is 0 Å². The van der Waals surface area contributed by atoms with E-state index in [-0.39, 0.29) is 13.2 Å². The van der Waals surface area contributed by atoms with E-state index in [9.17, 15) is 9.90 Å². The Kier molecular flexibility index (Phi) is 4.97. The molecule has 0 saturated carbocycles. The highest BCUT2D eigenvalue weighted by Gasteiger charge is 2.26. The van der Waals surface area contributed by atoms with Crippen molar-refractivity contribution in [1.82, 2.24) is 10.8 Å². The predicted molar refractivity (Wildman–Crippen MR) is 76.0 cm³/mol. The Labute approximate surface area is 122 Å². The van der Waals surface area contributed by atoms with E-state index in [1.165, 1.54) is 6.26 Å². The first-order valence-corrected chi connectivity index (χ1v) is 6.54. The minimum absolute atomic E-state index is 0.00104. The van der Waals surface area contributed by atoms with Crippen LogP contribution in [0.15, 0.2) is 53.1 Å². The number of hydrogen-bond acceptors (Lipinski definition) is 4. The number of aliphatic hydroxyl groups is 1. The first-order chi connectivity index (χ1) is 10.1. The molecule has 0 saturated heterocycles. The third-order valence-electron chi connectivity index (χ3n) is 2.89. The van der Waals surface area contributed by atoms with Crippen LogP contribution in [0, 0.1) is 0 Å². The molecule has 1 unspecified atom stereocenters. The van der Waals surface area contributed by atoms with Crippen molar-refractivity contribution in [3.05, 3.63) is 60.1 Å². The average molecular weight is 290 g/mol. The van der Waals surface area contributed by atoms with Crippen molar-refractivity contribution in [2.75, 3.05) is 6.54 Å². The van der Waals surface area contributed by atoms with E-state index in [0.717, 1.165) is 5.56 Å². The van der Waals surface area contributed by atoms with E-state index >= 15 is 0 Å². The second kappa shape index (κ2) is 6.92. The third kappa shape index (κ3) is 4.62. The summed E-state index contributed by atoms with van der Waals surface area (Å²) < 4.78 is 5.12. The minimum Gasteiger partial charge on any atom is -0.466 e. The molecular formula is C15H18N2O4. The van der Waals surface area contributed by atoms with Crippen molar-refractivity contribution >= 4 is 6.03 Å². The largest absolute Gasteiger partial charge is 0.466 e. The zero-order valence-corrected chi connectivity index (χ0v) is 11.7. The maximum Gasteiger partial charge on any atom is 0.338 e. The van der Waals surface area contributed by atoms with Crippen molar-refractivity contribution in [3.8, 4) is 0 Å². The topological polar surface area (TPSA) is 83.7 Å². The Morgan fingerprint density at radius 3 is 2.71 bits per heavy atom. The maximum absolute atomic E-state index is 11.6. The van der Waals surface area contributed by atoms with Gasteiger partial charge in [0.2, 0.25) is 0 Å². The lowest BCUT2D eigenvalue weighted by Crippen LogP contribution is -2.43. The number of carbonyl (C=O) groups is 1. The van der Waals surface area contributed by atoms with Gasteiger partial charge in [-0.25, -0.2) is 10.3 Å². The maximum atomic E-state index is 11.6. The lowest BCUT2D eigenvalue weighted by molar-refractivity contribution is 0.0268. The highest BCUT2D eigenvalue weighted by atomic mass is 16.7. The van der Waals surface area contributed by atoms with E-state index in [2.05, 4.69) is 10.8 Å². The summed E-state index contributed by atoms with van der Waals surface area (Å²) in [6.45, 7) is 1.82. The first-order valence-electron chi connectivity index (χ1n) is 6.54. The summed E-state index contributed by atoms with van der Waals surface area (Å²) in [4.78, 5) is 16.6. The fraction of sp³-hybridized carbons (Fsp3) is 0.267. The molecule has 0 bridgehead atoms. The molecule has 0 radical (unpaired) electrons. The van der Waals surface area contributed by atoms with Gasteiger partial charge in [0, 0.05) is 0 Å². The van der Waals surface area contributed by atoms with Crippen LogP contribution in [0.25, 0.3) is 0 Å². The summed E-state index contributed by atoms with van der Waals surface area (Å²) in [5.41, 5.74) is 1.92. The highest BCUT2D eigenvalue weighted by Crippen LogP contribution is 2.19. The summed E-state index contributed by atoms with van der Waals surface area (Å²) >= 11 is 0. The van der Waals surface area contributed by atoms with Crippen LogP contribution in [-0.4, -0.2) is 17.7 Å². The van der Waals surface area contributed by atoms with Gasteiger partial charge in [-0.2, -0.15) is 0 Å². The second-order valence-electron chi connectivity index (χ2n) is 4.81. The summed E-state index contributed by atoms with van der Waals surface area (Å²) in [7, 11) is 0. The van der Waals surface area contributed by atoms with Gasteiger partial charge in [-0.3, -0.25) is 4.84 Å². The number of furan rings is 1. The van der Waals surface area contributed by atoms with Gasteiger partial charge in [0.15, 0.2) is 0 Å². The van der Waals surface area contributed by atoms with Gasteiger partial charge < -0.3 is 14.8 Å². The van der Waals surface area contributed by atoms with Crippen molar-refractivity contribution in [1.29, 1.82) is 0 Å². The summed E-state index contributed by atoms with van der Waals surface area (Å²) in [5.74, 6) is 0.382.